The maximum absolute atomic E-state index is 13.2. The second kappa shape index (κ2) is 12.7. The van der Waals surface area contributed by atoms with Gasteiger partial charge >= 0.3 is 5.97 Å². The standard InChI is InChI=1S/C28H32N2O6S2/c1-30(14-13-26(32)29-20-8-7-19(18-31)23(17-20)35-2)21-9-11-22(12-10-21)36-27(33)28(34,24-5-3-15-37-24)25-6-4-16-38-25/h3-8,15-18,21-22,34H,9-14H2,1-2H3,(H,29,32)/t21-,22-. The molecule has 10 heteroatoms. The van der Waals surface area contributed by atoms with Gasteiger partial charge in [-0.2, -0.15) is 0 Å². The average Bonchev–Trinajstić information content (AvgIpc) is 3.67. The van der Waals surface area contributed by atoms with Crippen molar-refractivity contribution in [3.05, 3.63) is 68.5 Å². The zero-order valence-corrected chi connectivity index (χ0v) is 23.1. The Bertz CT molecular complexity index is 1190. The molecule has 1 aliphatic rings. The zero-order valence-electron chi connectivity index (χ0n) is 21.4. The molecule has 1 aromatic carbocycles. The first-order chi connectivity index (χ1) is 18.3. The number of carbonyl (C=O) groups is 3. The Balaban J connectivity index is 1.25. The Labute approximate surface area is 230 Å². The molecule has 0 unspecified atom stereocenters. The molecular formula is C28H32N2O6S2. The first-order valence-corrected chi connectivity index (χ1v) is 14.3. The minimum Gasteiger partial charge on any atom is -0.496 e. The van der Waals surface area contributed by atoms with Crippen molar-refractivity contribution in [1.29, 1.82) is 0 Å². The Morgan fingerprint density at radius 2 is 1.76 bits per heavy atom. The first kappa shape index (κ1) is 28.0. The number of aliphatic hydroxyl groups is 1. The molecule has 8 nitrogen and oxygen atoms in total. The van der Waals surface area contributed by atoms with Crippen LogP contribution in [-0.2, 0) is 19.9 Å². The molecule has 202 valence electrons. The average molecular weight is 557 g/mol. The van der Waals surface area contributed by atoms with Crippen LogP contribution in [0.4, 0.5) is 5.69 Å². The van der Waals surface area contributed by atoms with E-state index in [4.69, 9.17) is 9.47 Å². The van der Waals surface area contributed by atoms with E-state index < -0.39 is 11.6 Å². The molecule has 4 rings (SSSR count). The molecule has 1 saturated carbocycles. The van der Waals surface area contributed by atoms with Gasteiger partial charge in [0.2, 0.25) is 11.5 Å². The summed E-state index contributed by atoms with van der Waals surface area (Å²) in [6, 6.07) is 12.3. The van der Waals surface area contributed by atoms with Crippen LogP contribution in [0.15, 0.2) is 53.2 Å². The van der Waals surface area contributed by atoms with Gasteiger partial charge in [0.1, 0.15) is 11.9 Å². The van der Waals surface area contributed by atoms with Gasteiger partial charge in [0, 0.05) is 30.8 Å². The molecule has 2 N–H and O–H groups in total. The number of thiophene rings is 2. The summed E-state index contributed by atoms with van der Waals surface area (Å²) in [6.07, 6.45) is 3.82. The van der Waals surface area contributed by atoms with Gasteiger partial charge in [-0.05, 0) is 67.8 Å². The molecular weight excluding hydrogens is 524 g/mol. The van der Waals surface area contributed by atoms with Crippen molar-refractivity contribution in [3.8, 4) is 5.75 Å². The largest absolute Gasteiger partial charge is 0.496 e. The first-order valence-electron chi connectivity index (χ1n) is 12.5. The Kier molecular flexibility index (Phi) is 9.32. The lowest BCUT2D eigenvalue weighted by atomic mass is 9.91. The van der Waals surface area contributed by atoms with E-state index >= 15 is 0 Å². The molecule has 1 fully saturated rings. The molecule has 3 aromatic rings. The summed E-state index contributed by atoms with van der Waals surface area (Å²) >= 11 is 2.66. The van der Waals surface area contributed by atoms with Gasteiger partial charge in [-0.1, -0.05) is 12.1 Å². The number of ether oxygens (including phenoxy) is 2. The van der Waals surface area contributed by atoms with E-state index in [0.717, 1.165) is 12.8 Å². The van der Waals surface area contributed by atoms with Crippen molar-refractivity contribution >= 4 is 46.5 Å². The van der Waals surface area contributed by atoms with E-state index in [1.54, 1.807) is 30.3 Å². The van der Waals surface area contributed by atoms with E-state index in [0.29, 0.717) is 58.8 Å². The minimum absolute atomic E-state index is 0.123. The number of rotatable bonds is 11. The Morgan fingerprint density at radius 1 is 1.11 bits per heavy atom. The monoisotopic (exact) mass is 556 g/mol. The van der Waals surface area contributed by atoms with Crippen molar-refractivity contribution in [3.63, 3.8) is 0 Å². The molecule has 0 aliphatic heterocycles. The van der Waals surface area contributed by atoms with Crippen LogP contribution < -0.4 is 10.1 Å². The molecule has 0 radical (unpaired) electrons. The Morgan fingerprint density at radius 3 is 2.32 bits per heavy atom. The number of aldehydes is 1. The second-order valence-electron chi connectivity index (χ2n) is 9.35. The van der Waals surface area contributed by atoms with Crippen LogP contribution in [0.5, 0.6) is 5.75 Å². The molecule has 0 atom stereocenters. The van der Waals surface area contributed by atoms with E-state index in [2.05, 4.69) is 10.2 Å². The molecule has 0 bridgehead atoms. The predicted molar refractivity (Wildman–Crippen MR) is 148 cm³/mol. The molecule has 2 heterocycles. The third-order valence-electron chi connectivity index (χ3n) is 6.93. The van der Waals surface area contributed by atoms with E-state index in [1.807, 2.05) is 29.9 Å². The fourth-order valence-electron chi connectivity index (χ4n) is 4.70. The third-order valence-corrected chi connectivity index (χ3v) is 8.88. The van der Waals surface area contributed by atoms with Crippen LogP contribution in [0, 0.1) is 0 Å². The van der Waals surface area contributed by atoms with Crippen molar-refractivity contribution in [1.82, 2.24) is 4.90 Å². The number of methoxy groups -OCH3 is 1. The smallest absolute Gasteiger partial charge is 0.349 e. The highest BCUT2D eigenvalue weighted by Gasteiger charge is 2.45. The highest BCUT2D eigenvalue weighted by atomic mass is 32.1. The van der Waals surface area contributed by atoms with Gasteiger partial charge in [-0.3, -0.25) is 9.59 Å². The quantitative estimate of drug-likeness (QED) is 0.261. The summed E-state index contributed by atoms with van der Waals surface area (Å²) in [5.41, 5.74) is -0.789. The predicted octanol–water partition coefficient (Wildman–Crippen LogP) is 4.68. The van der Waals surface area contributed by atoms with E-state index in [1.165, 1.54) is 29.8 Å². The second-order valence-corrected chi connectivity index (χ2v) is 11.2. The van der Waals surface area contributed by atoms with Crippen molar-refractivity contribution in [2.75, 3.05) is 26.0 Å². The highest BCUT2D eigenvalue weighted by Crippen LogP contribution is 2.38. The lowest BCUT2D eigenvalue weighted by molar-refractivity contribution is -0.169. The number of carbonyl (C=O) groups excluding carboxylic acids is 3. The van der Waals surface area contributed by atoms with Gasteiger partial charge in [0.05, 0.1) is 22.4 Å². The van der Waals surface area contributed by atoms with Crippen LogP contribution in [-0.4, -0.2) is 61.0 Å². The summed E-state index contributed by atoms with van der Waals surface area (Å²) in [5, 5.41) is 18.0. The lowest BCUT2D eigenvalue weighted by Crippen LogP contribution is -2.42. The van der Waals surface area contributed by atoms with E-state index in [9.17, 15) is 19.5 Å². The fraction of sp³-hybridized carbons (Fsp3) is 0.393. The van der Waals surface area contributed by atoms with Crippen molar-refractivity contribution in [2.24, 2.45) is 0 Å². The number of hydrogen-bond donors (Lipinski definition) is 2. The van der Waals surface area contributed by atoms with Gasteiger partial charge in [-0.25, -0.2) is 4.79 Å². The van der Waals surface area contributed by atoms with Crippen LogP contribution >= 0.6 is 22.7 Å². The lowest BCUT2D eigenvalue weighted by Gasteiger charge is -2.35. The number of nitrogens with zero attached hydrogens (tertiary/aromatic N) is 1. The van der Waals surface area contributed by atoms with Gasteiger partial charge < -0.3 is 24.8 Å². The van der Waals surface area contributed by atoms with Crippen LogP contribution in [0.2, 0.25) is 0 Å². The molecule has 0 spiro atoms. The molecule has 38 heavy (non-hydrogen) atoms. The summed E-state index contributed by atoms with van der Waals surface area (Å²) in [7, 11) is 3.48. The number of esters is 1. The van der Waals surface area contributed by atoms with Crippen LogP contribution in [0.25, 0.3) is 0 Å². The summed E-state index contributed by atoms with van der Waals surface area (Å²) in [6.45, 7) is 0.584. The maximum atomic E-state index is 13.2. The van der Waals surface area contributed by atoms with Crippen LogP contribution in [0.1, 0.15) is 52.2 Å². The van der Waals surface area contributed by atoms with E-state index in [-0.39, 0.29) is 18.1 Å². The van der Waals surface area contributed by atoms with Gasteiger partial charge in [0.25, 0.3) is 0 Å². The third kappa shape index (κ3) is 6.32. The topological polar surface area (TPSA) is 105 Å². The maximum Gasteiger partial charge on any atom is 0.349 e. The Hall–Kier alpha value is -3.05. The molecule has 0 saturated heterocycles. The number of amides is 1. The molecule has 1 amide bonds. The zero-order chi connectivity index (χ0) is 27.1. The summed E-state index contributed by atoms with van der Waals surface area (Å²) < 4.78 is 11.0. The summed E-state index contributed by atoms with van der Waals surface area (Å²) in [4.78, 5) is 40.0. The molecule has 1 aliphatic carbocycles. The molecule has 2 aromatic heterocycles. The minimum atomic E-state index is -1.79. The SMILES string of the molecule is COc1cc(NC(=O)CCN(C)[C@H]2CC[C@H](OC(=O)C(O)(c3cccs3)c3cccs3)CC2)ccc1C=O. The number of hydrogen-bond acceptors (Lipinski definition) is 9. The van der Waals surface area contributed by atoms with Crippen molar-refractivity contribution < 1.29 is 29.0 Å². The van der Waals surface area contributed by atoms with Gasteiger partial charge in [-0.15, -0.1) is 22.7 Å². The fourth-order valence-corrected chi connectivity index (χ4v) is 6.42. The summed E-state index contributed by atoms with van der Waals surface area (Å²) in [5.74, 6) is -0.341. The normalized spacial score (nSPS) is 17.7. The van der Waals surface area contributed by atoms with Crippen LogP contribution in [0.3, 0.4) is 0 Å². The highest BCUT2D eigenvalue weighted by molar-refractivity contribution is 7.12. The number of benzene rings is 1. The number of anilines is 1. The number of nitrogens with one attached hydrogen (secondary N) is 1. The van der Waals surface area contributed by atoms with Gasteiger partial charge in [0.15, 0.2) is 6.29 Å². The van der Waals surface area contributed by atoms with Crippen molar-refractivity contribution in [2.45, 2.75) is 49.9 Å².